The predicted molar refractivity (Wildman–Crippen MR) is 145 cm³/mol. The number of phenols is 1. The van der Waals surface area contributed by atoms with Gasteiger partial charge in [0.25, 0.3) is 0 Å². The summed E-state index contributed by atoms with van der Waals surface area (Å²) in [6.07, 6.45) is 0.839. The fraction of sp³-hybridized carbons (Fsp3) is 0.125. The van der Waals surface area contributed by atoms with Gasteiger partial charge in [-0.25, -0.2) is 4.98 Å². The number of aliphatic imine (C=N–C) groups is 1. The Morgan fingerprint density at radius 2 is 1.57 bits per heavy atom. The summed E-state index contributed by atoms with van der Waals surface area (Å²) in [7, 11) is 0. The normalized spacial score (nSPS) is 12.7. The summed E-state index contributed by atoms with van der Waals surface area (Å²) in [4.78, 5) is 9.96. The lowest BCUT2D eigenvalue weighted by Gasteiger charge is -2.14. The SMILES string of the molecule is CC(C)c1ccc2c(-c3ccccc3O)nc(-c3cccc(C4=Nc5ccccc5C4)c3)cc2c1. The van der Waals surface area contributed by atoms with Crippen molar-refractivity contribution in [2.45, 2.75) is 26.2 Å². The first kappa shape index (κ1) is 21.3. The van der Waals surface area contributed by atoms with E-state index in [9.17, 15) is 5.11 Å². The summed E-state index contributed by atoms with van der Waals surface area (Å²) < 4.78 is 0. The zero-order chi connectivity index (χ0) is 23.9. The topological polar surface area (TPSA) is 45.5 Å². The van der Waals surface area contributed by atoms with Crippen LogP contribution in [-0.2, 0) is 6.42 Å². The number of pyridine rings is 1. The van der Waals surface area contributed by atoms with Crippen LogP contribution in [0.2, 0.25) is 0 Å². The van der Waals surface area contributed by atoms with Crippen molar-refractivity contribution in [2.75, 3.05) is 0 Å². The number of phenolic OH excluding ortho intramolecular Hbond substituents is 1. The second kappa shape index (κ2) is 8.52. The second-order valence-corrected chi connectivity index (χ2v) is 9.45. The van der Waals surface area contributed by atoms with Gasteiger partial charge >= 0.3 is 0 Å². The monoisotopic (exact) mass is 454 g/mol. The molecule has 0 spiro atoms. The number of para-hydroxylation sites is 2. The third kappa shape index (κ3) is 3.89. The van der Waals surface area contributed by atoms with Crippen molar-refractivity contribution in [2.24, 2.45) is 4.99 Å². The van der Waals surface area contributed by atoms with Crippen LogP contribution in [0.4, 0.5) is 5.69 Å². The highest BCUT2D eigenvalue weighted by atomic mass is 16.3. The zero-order valence-corrected chi connectivity index (χ0v) is 19.9. The van der Waals surface area contributed by atoms with Gasteiger partial charge in [0.05, 0.1) is 22.8 Å². The van der Waals surface area contributed by atoms with Crippen molar-refractivity contribution < 1.29 is 5.11 Å². The second-order valence-electron chi connectivity index (χ2n) is 9.45. The number of fused-ring (bicyclic) bond motifs is 2. The summed E-state index contributed by atoms with van der Waals surface area (Å²) in [5, 5.41) is 12.8. The third-order valence-electron chi connectivity index (χ3n) is 6.78. The van der Waals surface area contributed by atoms with Crippen LogP contribution in [0, 0.1) is 0 Å². The van der Waals surface area contributed by atoms with Gasteiger partial charge in [0, 0.05) is 22.9 Å². The lowest BCUT2D eigenvalue weighted by Crippen LogP contribution is -2.01. The van der Waals surface area contributed by atoms with E-state index < -0.39 is 0 Å². The van der Waals surface area contributed by atoms with E-state index in [4.69, 9.17) is 9.98 Å². The van der Waals surface area contributed by atoms with Crippen molar-refractivity contribution in [3.63, 3.8) is 0 Å². The Hall–Kier alpha value is -4.24. The van der Waals surface area contributed by atoms with Crippen LogP contribution in [-0.4, -0.2) is 15.8 Å². The van der Waals surface area contributed by atoms with Gasteiger partial charge in [-0.1, -0.05) is 80.6 Å². The molecule has 0 bridgehead atoms. The molecule has 0 radical (unpaired) electrons. The molecule has 0 aliphatic carbocycles. The first-order valence-electron chi connectivity index (χ1n) is 12.1. The molecule has 170 valence electrons. The maximum absolute atomic E-state index is 10.6. The summed E-state index contributed by atoms with van der Waals surface area (Å²) in [6.45, 7) is 4.41. The number of nitrogens with zero attached hydrogens (tertiary/aromatic N) is 2. The van der Waals surface area contributed by atoms with Crippen LogP contribution in [0.3, 0.4) is 0 Å². The minimum atomic E-state index is 0.234. The van der Waals surface area contributed by atoms with Crippen molar-refractivity contribution in [1.29, 1.82) is 0 Å². The maximum atomic E-state index is 10.6. The van der Waals surface area contributed by atoms with Crippen molar-refractivity contribution >= 4 is 22.2 Å². The Bertz CT molecular complexity index is 1610. The van der Waals surface area contributed by atoms with Crippen LogP contribution < -0.4 is 0 Å². The average Bonchev–Trinajstić information content (AvgIpc) is 3.33. The molecule has 5 aromatic rings. The molecule has 1 aliphatic rings. The first-order chi connectivity index (χ1) is 17.1. The molecule has 0 saturated carbocycles. The average molecular weight is 455 g/mol. The zero-order valence-electron chi connectivity index (χ0n) is 19.9. The van der Waals surface area contributed by atoms with E-state index >= 15 is 0 Å². The van der Waals surface area contributed by atoms with E-state index in [0.29, 0.717) is 5.92 Å². The summed E-state index contributed by atoms with van der Waals surface area (Å²) in [5.41, 5.74) is 9.25. The van der Waals surface area contributed by atoms with Crippen molar-refractivity contribution in [3.8, 4) is 28.3 Å². The number of aromatic hydroxyl groups is 1. The summed E-state index contributed by atoms with van der Waals surface area (Å²) in [6, 6.07) is 32.9. The molecular weight excluding hydrogens is 428 g/mol. The number of benzene rings is 4. The van der Waals surface area contributed by atoms with Gasteiger partial charge in [-0.15, -0.1) is 0 Å². The molecule has 3 nitrogen and oxygen atoms in total. The fourth-order valence-electron chi connectivity index (χ4n) is 4.82. The first-order valence-corrected chi connectivity index (χ1v) is 12.1. The van der Waals surface area contributed by atoms with E-state index in [-0.39, 0.29) is 5.75 Å². The number of hydrogen-bond donors (Lipinski definition) is 1. The van der Waals surface area contributed by atoms with E-state index in [1.54, 1.807) is 6.07 Å². The van der Waals surface area contributed by atoms with Crippen LogP contribution in [0.1, 0.15) is 36.5 Å². The number of hydrogen-bond acceptors (Lipinski definition) is 3. The standard InChI is InChI=1S/C32H26N2O/c1-20(2)21-14-15-26-25(16-21)19-30(34-32(26)27-11-4-6-13-31(27)35)23-10-7-9-22(17-23)29-18-24-8-3-5-12-28(24)33-29/h3-17,19-20,35H,18H2,1-2H3. The Balaban J connectivity index is 1.51. The van der Waals surface area contributed by atoms with E-state index in [1.165, 1.54) is 11.1 Å². The molecule has 35 heavy (non-hydrogen) atoms. The van der Waals surface area contributed by atoms with Crippen LogP contribution >= 0.6 is 0 Å². The van der Waals surface area contributed by atoms with Gasteiger partial charge < -0.3 is 5.11 Å². The van der Waals surface area contributed by atoms with Gasteiger partial charge in [-0.3, -0.25) is 4.99 Å². The van der Waals surface area contributed by atoms with Gasteiger partial charge in [0.2, 0.25) is 0 Å². The molecule has 1 aliphatic heterocycles. The highest BCUT2D eigenvalue weighted by molar-refractivity contribution is 6.07. The highest BCUT2D eigenvalue weighted by Gasteiger charge is 2.17. The number of rotatable bonds is 4. The predicted octanol–water partition coefficient (Wildman–Crippen LogP) is 8.07. The van der Waals surface area contributed by atoms with Gasteiger partial charge in [0.1, 0.15) is 5.75 Å². The maximum Gasteiger partial charge on any atom is 0.124 e. The Labute approximate surface area is 205 Å². The van der Waals surface area contributed by atoms with Crippen LogP contribution in [0.5, 0.6) is 5.75 Å². The van der Waals surface area contributed by atoms with Crippen LogP contribution in [0.15, 0.2) is 102 Å². The van der Waals surface area contributed by atoms with Gasteiger partial charge in [-0.2, -0.15) is 0 Å². The van der Waals surface area contributed by atoms with Gasteiger partial charge in [-0.05, 0) is 58.3 Å². The van der Waals surface area contributed by atoms with Crippen molar-refractivity contribution in [1.82, 2.24) is 4.98 Å². The molecule has 0 amide bonds. The molecule has 1 aromatic heterocycles. The fourth-order valence-corrected chi connectivity index (χ4v) is 4.82. The molecule has 1 N–H and O–H groups in total. The quantitative estimate of drug-likeness (QED) is 0.298. The van der Waals surface area contributed by atoms with E-state index in [1.807, 2.05) is 24.3 Å². The Morgan fingerprint density at radius 1 is 0.771 bits per heavy atom. The molecule has 0 fully saturated rings. The largest absolute Gasteiger partial charge is 0.507 e. The minimum absolute atomic E-state index is 0.234. The molecule has 4 aromatic carbocycles. The molecule has 3 heteroatoms. The molecule has 0 unspecified atom stereocenters. The Kier molecular flexibility index (Phi) is 5.18. The molecule has 0 saturated heterocycles. The van der Waals surface area contributed by atoms with Crippen LogP contribution in [0.25, 0.3) is 33.3 Å². The third-order valence-corrected chi connectivity index (χ3v) is 6.78. The summed E-state index contributed by atoms with van der Waals surface area (Å²) in [5.74, 6) is 0.660. The minimum Gasteiger partial charge on any atom is -0.507 e. The highest BCUT2D eigenvalue weighted by Crippen LogP contribution is 2.37. The lowest BCUT2D eigenvalue weighted by atomic mass is 9.95. The Morgan fingerprint density at radius 3 is 2.40 bits per heavy atom. The molecular formula is C32H26N2O. The lowest BCUT2D eigenvalue weighted by molar-refractivity contribution is 0.477. The van der Waals surface area contributed by atoms with Crippen molar-refractivity contribution in [3.05, 3.63) is 114 Å². The van der Waals surface area contributed by atoms with E-state index in [0.717, 1.165) is 56.7 Å². The van der Waals surface area contributed by atoms with Gasteiger partial charge in [0.15, 0.2) is 0 Å². The summed E-state index contributed by atoms with van der Waals surface area (Å²) >= 11 is 0. The molecule has 6 rings (SSSR count). The molecule has 2 heterocycles. The van der Waals surface area contributed by atoms with E-state index in [2.05, 4.69) is 80.6 Å². The molecule has 0 atom stereocenters. The smallest absolute Gasteiger partial charge is 0.124 e. The number of aromatic nitrogens is 1.